The summed E-state index contributed by atoms with van der Waals surface area (Å²) in [5.74, 6) is -0.833. The first-order chi connectivity index (χ1) is 13.0. The lowest BCUT2D eigenvalue weighted by Crippen LogP contribution is -2.50. The van der Waals surface area contributed by atoms with Crippen LogP contribution in [0.25, 0.3) is 10.9 Å². The number of carbonyl (C=O) groups excluding carboxylic acids is 3. The topological polar surface area (TPSA) is 91.4 Å². The molecule has 1 aliphatic rings. The number of amides is 4. The minimum Gasteiger partial charge on any atom is -0.317 e. The number of carbonyl (C=O) groups is 3. The Labute approximate surface area is 155 Å². The molecule has 27 heavy (non-hydrogen) atoms. The third-order valence-corrected chi connectivity index (χ3v) is 4.41. The number of rotatable bonds is 3. The Morgan fingerprint density at radius 3 is 2.41 bits per heavy atom. The second-order valence-corrected chi connectivity index (χ2v) is 6.21. The number of hydrogen-bond donors (Lipinski definition) is 2. The Morgan fingerprint density at radius 1 is 1.00 bits per heavy atom. The van der Waals surface area contributed by atoms with Crippen LogP contribution in [0, 0.1) is 0 Å². The first-order valence-corrected chi connectivity index (χ1v) is 8.44. The van der Waals surface area contributed by atoms with Crippen LogP contribution in [-0.2, 0) is 0 Å². The molecule has 3 aromatic rings. The van der Waals surface area contributed by atoms with E-state index in [1.807, 2.05) is 12.1 Å². The fourth-order valence-corrected chi connectivity index (χ4v) is 3.13. The molecule has 0 saturated heterocycles. The van der Waals surface area contributed by atoms with Crippen molar-refractivity contribution in [2.24, 2.45) is 0 Å². The van der Waals surface area contributed by atoms with Gasteiger partial charge in [0.15, 0.2) is 0 Å². The zero-order valence-corrected chi connectivity index (χ0v) is 14.5. The standard InChI is InChI=1S/C20H16N4O3/c1-12(24-18(25)15-6-2-3-7-16(15)19(24)26)22-20(27)23-14-8-9-17-13(11-14)5-4-10-21-17/h2-12H,1H3,(H2,22,23,27). The van der Waals surface area contributed by atoms with Crippen molar-refractivity contribution in [2.45, 2.75) is 13.1 Å². The second-order valence-electron chi connectivity index (χ2n) is 6.21. The molecule has 4 amide bonds. The summed E-state index contributed by atoms with van der Waals surface area (Å²) in [5.41, 5.74) is 2.10. The second kappa shape index (κ2) is 6.53. The summed E-state index contributed by atoms with van der Waals surface area (Å²) in [5, 5.41) is 6.24. The molecule has 0 bridgehead atoms. The molecule has 7 nitrogen and oxygen atoms in total. The third-order valence-electron chi connectivity index (χ3n) is 4.41. The van der Waals surface area contributed by atoms with Gasteiger partial charge in [0.2, 0.25) is 0 Å². The van der Waals surface area contributed by atoms with E-state index in [2.05, 4.69) is 15.6 Å². The lowest BCUT2D eigenvalue weighted by Gasteiger charge is -2.23. The van der Waals surface area contributed by atoms with Gasteiger partial charge in [0.25, 0.3) is 11.8 Å². The lowest BCUT2D eigenvalue weighted by atomic mass is 10.1. The molecule has 2 N–H and O–H groups in total. The van der Waals surface area contributed by atoms with Gasteiger partial charge in [-0.05, 0) is 43.3 Å². The fraction of sp³-hybridized carbons (Fsp3) is 0.100. The van der Waals surface area contributed by atoms with Crippen LogP contribution in [0.15, 0.2) is 60.8 Å². The number of nitrogens with zero attached hydrogens (tertiary/aromatic N) is 2. The SMILES string of the molecule is CC(NC(=O)Nc1ccc2ncccc2c1)N1C(=O)c2ccccc2C1=O. The molecule has 7 heteroatoms. The van der Waals surface area contributed by atoms with Crippen LogP contribution >= 0.6 is 0 Å². The maximum absolute atomic E-state index is 12.5. The molecule has 2 aromatic carbocycles. The zero-order valence-electron chi connectivity index (χ0n) is 14.5. The van der Waals surface area contributed by atoms with Gasteiger partial charge in [-0.1, -0.05) is 18.2 Å². The van der Waals surface area contributed by atoms with Gasteiger partial charge in [0.05, 0.1) is 16.6 Å². The number of hydrogen-bond acceptors (Lipinski definition) is 4. The molecule has 0 spiro atoms. The lowest BCUT2D eigenvalue weighted by molar-refractivity contribution is 0.0581. The minimum absolute atomic E-state index is 0.346. The van der Waals surface area contributed by atoms with Crippen LogP contribution in [0.5, 0.6) is 0 Å². The van der Waals surface area contributed by atoms with Crippen LogP contribution in [0.1, 0.15) is 27.6 Å². The Bertz CT molecular complexity index is 1040. The molecule has 0 aliphatic carbocycles. The van der Waals surface area contributed by atoms with E-state index in [1.165, 1.54) is 0 Å². The average Bonchev–Trinajstić information content (AvgIpc) is 2.92. The molecule has 1 unspecified atom stereocenters. The number of benzene rings is 2. The molecule has 134 valence electrons. The van der Waals surface area contributed by atoms with Crippen molar-refractivity contribution >= 4 is 34.4 Å². The zero-order chi connectivity index (χ0) is 19.0. The van der Waals surface area contributed by atoms with E-state index < -0.39 is 24.0 Å². The van der Waals surface area contributed by atoms with Gasteiger partial charge in [-0.15, -0.1) is 0 Å². The monoisotopic (exact) mass is 360 g/mol. The number of imide groups is 1. The Kier molecular flexibility index (Phi) is 4.04. The van der Waals surface area contributed by atoms with Crippen molar-refractivity contribution in [1.82, 2.24) is 15.2 Å². The Balaban J connectivity index is 1.46. The van der Waals surface area contributed by atoms with Crippen LogP contribution in [0.3, 0.4) is 0 Å². The van der Waals surface area contributed by atoms with Crippen molar-refractivity contribution in [2.75, 3.05) is 5.32 Å². The Morgan fingerprint density at radius 2 is 1.70 bits per heavy atom. The first-order valence-electron chi connectivity index (χ1n) is 8.44. The largest absolute Gasteiger partial charge is 0.320 e. The molecule has 0 radical (unpaired) electrons. The summed E-state index contributed by atoms with van der Waals surface area (Å²) in [7, 11) is 0. The summed E-state index contributed by atoms with van der Waals surface area (Å²) in [6, 6.07) is 15.1. The average molecular weight is 360 g/mol. The highest BCUT2D eigenvalue weighted by Gasteiger charge is 2.38. The Hall–Kier alpha value is -3.74. The number of urea groups is 1. The molecule has 1 aromatic heterocycles. The molecule has 4 rings (SSSR count). The van der Waals surface area contributed by atoms with Crippen molar-refractivity contribution in [3.05, 3.63) is 71.9 Å². The highest BCUT2D eigenvalue weighted by atomic mass is 16.2. The van der Waals surface area contributed by atoms with Crippen LogP contribution in [0.4, 0.5) is 10.5 Å². The van der Waals surface area contributed by atoms with Gasteiger partial charge in [-0.2, -0.15) is 0 Å². The fourth-order valence-electron chi connectivity index (χ4n) is 3.13. The smallest absolute Gasteiger partial charge is 0.317 e. The number of nitrogens with one attached hydrogen (secondary N) is 2. The van der Waals surface area contributed by atoms with E-state index in [9.17, 15) is 14.4 Å². The van der Waals surface area contributed by atoms with Crippen LogP contribution in [-0.4, -0.2) is 33.9 Å². The molecule has 0 saturated carbocycles. The number of pyridine rings is 1. The van der Waals surface area contributed by atoms with E-state index in [-0.39, 0.29) is 0 Å². The van der Waals surface area contributed by atoms with Gasteiger partial charge < -0.3 is 10.6 Å². The molecule has 2 heterocycles. The number of anilines is 1. The summed E-state index contributed by atoms with van der Waals surface area (Å²) in [6.45, 7) is 1.59. The molecular formula is C20H16N4O3. The van der Waals surface area contributed by atoms with Gasteiger partial charge in [0.1, 0.15) is 6.17 Å². The third kappa shape index (κ3) is 2.99. The maximum atomic E-state index is 12.5. The molecule has 1 atom stereocenters. The number of aromatic nitrogens is 1. The summed E-state index contributed by atoms with van der Waals surface area (Å²) >= 11 is 0. The normalized spacial score (nSPS) is 14.2. The van der Waals surface area contributed by atoms with E-state index in [1.54, 1.807) is 55.6 Å². The molecular weight excluding hydrogens is 344 g/mol. The number of fused-ring (bicyclic) bond motifs is 2. The summed E-state index contributed by atoms with van der Waals surface area (Å²) in [4.78, 5) is 42.5. The van der Waals surface area contributed by atoms with Crippen LogP contribution < -0.4 is 10.6 Å². The minimum atomic E-state index is -0.792. The highest BCUT2D eigenvalue weighted by Crippen LogP contribution is 2.24. The van der Waals surface area contributed by atoms with Gasteiger partial charge >= 0.3 is 6.03 Å². The summed E-state index contributed by atoms with van der Waals surface area (Å²) < 4.78 is 0. The quantitative estimate of drug-likeness (QED) is 0.703. The maximum Gasteiger partial charge on any atom is 0.320 e. The molecule has 1 aliphatic heterocycles. The van der Waals surface area contributed by atoms with Gasteiger partial charge in [0, 0.05) is 17.3 Å². The summed E-state index contributed by atoms with van der Waals surface area (Å²) in [6.07, 6.45) is 0.908. The van der Waals surface area contributed by atoms with E-state index in [0.29, 0.717) is 16.8 Å². The van der Waals surface area contributed by atoms with Crippen molar-refractivity contribution < 1.29 is 14.4 Å². The van der Waals surface area contributed by atoms with E-state index in [0.717, 1.165) is 15.8 Å². The highest BCUT2D eigenvalue weighted by molar-refractivity contribution is 6.21. The van der Waals surface area contributed by atoms with E-state index in [4.69, 9.17) is 0 Å². The van der Waals surface area contributed by atoms with Crippen LogP contribution in [0.2, 0.25) is 0 Å². The van der Waals surface area contributed by atoms with E-state index >= 15 is 0 Å². The molecule has 0 fully saturated rings. The van der Waals surface area contributed by atoms with Gasteiger partial charge in [-0.3, -0.25) is 19.5 Å². The van der Waals surface area contributed by atoms with Gasteiger partial charge in [-0.25, -0.2) is 4.79 Å². The van der Waals surface area contributed by atoms with Crippen molar-refractivity contribution in [1.29, 1.82) is 0 Å². The first kappa shape index (κ1) is 16.7. The predicted molar refractivity (Wildman–Crippen MR) is 100 cm³/mol. The van der Waals surface area contributed by atoms with Crippen molar-refractivity contribution in [3.63, 3.8) is 0 Å². The van der Waals surface area contributed by atoms with Crippen molar-refractivity contribution in [3.8, 4) is 0 Å². The predicted octanol–water partition coefficient (Wildman–Crippen LogP) is 3.00.